The molecule has 0 saturated carbocycles. The fourth-order valence-corrected chi connectivity index (χ4v) is 4.60. The summed E-state index contributed by atoms with van der Waals surface area (Å²) in [5, 5.41) is 5.28. The Morgan fingerprint density at radius 1 is 1.24 bits per heavy atom. The molecule has 1 aliphatic heterocycles. The maximum absolute atomic E-state index is 12.8. The summed E-state index contributed by atoms with van der Waals surface area (Å²) >= 11 is 1.73. The van der Waals surface area contributed by atoms with Gasteiger partial charge in [0.2, 0.25) is 5.91 Å². The number of benzene rings is 1. The third-order valence-corrected chi connectivity index (χ3v) is 5.89. The Morgan fingerprint density at radius 3 is 3.00 bits per heavy atom. The molecule has 1 atom stereocenters. The monoisotopic (exact) mass is 354 g/mol. The summed E-state index contributed by atoms with van der Waals surface area (Å²) in [6, 6.07) is 10.3. The van der Waals surface area contributed by atoms with Gasteiger partial charge in [-0.05, 0) is 43.9 Å². The molecular weight excluding hydrogens is 332 g/mol. The summed E-state index contributed by atoms with van der Waals surface area (Å²) < 4.78 is 3.09. The summed E-state index contributed by atoms with van der Waals surface area (Å²) in [6.07, 6.45) is 8.38. The van der Waals surface area contributed by atoms with Crippen LogP contribution in [0.5, 0.6) is 0 Å². The van der Waals surface area contributed by atoms with Gasteiger partial charge in [0, 0.05) is 31.9 Å². The molecule has 0 N–H and O–H groups in total. The number of para-hydroxylation sites is 1. The highest BCUT2D eigenvalue weighted by Gasteiger charge is 2.29. The molecule has 1 saturated heterocycles. The molecule has 0 spiro atoms. The number of hydrogen-bond acceptors (Lipinski definition) is 4. The van der Waals surface area contributed by atoms with Crippen LogP contribution in [0.3, 0.4) is 0 Å². The molecule has 0 radical (unpaired) electrons. The number of nitrogens with zero attached hydrogens (tertiary/aromatic N) is 4. The number of amides is 1. The summed E-state index contributed by atoms with van der Waals surface area (Å²) in [6.45, 7) is 1.64. The first-order valence-electron chi connectivity index (χ1n) is 8.93. The molecular formula is C19H22N4OS. The lowest BCUT2D eigenvalue weighted by Gasteiger charge is -2.34. The van der Waals surface area contributed by atoms with Gasteiger partial charge in [-0.2, -0.15) is 5.10 Å². The van der Waals surface area contributed by atoms with Crippen molar-refractivity contribution in [2.24, 2.45) is 0 Å². The van der Waals surface area contributed by atoms with E-state index in [1.54, 1.807) is 17.5 Å². The molecule has 1 fully saturated rings. The van der Waals surface area contributed by atoms with Crippen molar-refractivity contribution >= 4 is 27.5 Å². The number of piperidine rings is 1. The van der Waals surface area contributed by atoms with Gasteiger partial charge in [-0.1, -0.05) is 12.1 Å². The van der Waals surface area contributed by atoms with Crippen molar-refractivity contribution in [3.8, 4) is 0 Å². The fourth-order valence-electron chi connectivity index (χ4n) is 3.49. The van der Waals surface area contributed by atoms with E-state index in [0.717, 1.165) is 49.3 Å². The first-order chi connectivity index (χ1) is 12.3. The molecule has 1 amide bonds. The number of thiazole rings is 1. The molecule has 4 rings (SSSR count). The van der Waals surface area contributed by atoms with Gasteiger partial charge in [-0.25, -0.2) is 4.98 Å². The van der Waals surface area contributed by atoms with Gasteiger partial charge in [0.25, 0.3) is 0 Å². The van der Waals surface area contributed by atoms with Crippen LogP contribution < -0.4 is 0 Å². The van der Waals surface area contributed by atoms with Crippen LogP contribution >= 0.6 is 11.3 Å². The summed E-state index contributed by atoms with van der Waals surface area (Å²) in [7, 11) is 0. The summed E-state index contributed by atoms with van der Waals surface area (Å²) in [4.78, 5) is 19.7. The fraction of sp³-hybridized carbons (Fsp3) is 0.421. The van der Waals surface area contributed by atoms with Crippen molar-refractivity contribution in [1.82, 2.24) is 19.7 Å². The van der Waals surface area contributed by atoms with Crippen LogP contribution in [0.25, 0.3) is 10.2 Å². The number of hydrogen-bond donors (Lipinski definition) is 0. The Morgan fingerprint density at radius 2 is 2.16 bits per heavy atom. The van der Waals surface area contributed by atoms with Crippen LogP contribution in [-0.4, -0.2) is 32.1 Å². The lowest BCUT2D eigenvalue weighted by atomic mass is 10.0. The number of likely N-dealkylation sites (tertiary alicyclic amines) is 1. The van der Waals surface area contributed by atoms with Crippen LogP contribution in [0.1, 0.15) is 43.2 Å². The first-order valence-corrected chi connectivity index (χ1v) is 9.75. The third-order valence-electron chi connectivity index (χ3n) is 4.76. The predicted molar refractivity (Wildman–Crippen MR) is 99.4 cm³/mol. The number of carbonyl (C=O) groups is 1. The highest BCUT2D eigenvalue weighted by atomic mass is 32.1. The molecule has 3 aromatic rings. The molecule has 1 aliphatic rings. The van der Waals surface area contributed by atoms with E-state index in [0.29, 0.717) is 6.42 Å². The van der Waals surface area contributed by atoms with Crippen molar-refractivity contribution in [3.05, 3.63) is 47.7 Å². The molecule has 2 aromatic heterocycles. The zero-order valence-electron chi connectivity index (χ0n) is 14.2. The zero-order chi connectivity index (χ0) is 17.1. The van der Waals surface area contributed by atoms with E-state index in [-0.39, 0.29) is 11.9 Å². The van der Waals surface area contributed by atoms with Crippen molar-refractivity contribution in [1.29, 1.82) is 0 Å². The molecule has 0 aliphatic carbocycles. The zero-order valence-corrected chi connectivity index (χ0v) is 15.0. The van der Waals surface area contributed by atoms with Crippen LogP contribution in [0.15, 0.2) is 42.7 Å². The number of aryl methyl sites for hydroxylation is 1. The molecule has 25 heavy (non-hydrogen) atoms. The standard InChI is InChI=1S/C19H22N4OS/c24-18(10-5-12-22-13-6-11-20-22)23-14-4-3-8-16(23)19-21-15-7-1-2-9-17(15)25-19/h1-2,6-7,9,11,13,16H,3-5,8,10,12,14H2. The minimum Gasteiger partial charge on any atom is -0.333 e. The van der Waals surface area contributed by atoms with Crippen LogP contribution in [0, 0.1) is 0 Å². The van der Waals surface area contributed by atoms with Gasteiger partial charge in [0.05, 0.1) is 16.3 Å². The SMILES string of the molecule is O=C(CCCn1cccn1)N1CCCCC1c1nc2ccccc2s1. The maximum Gasteiger partial charge on any atom is 0.223 e. The number of fused-ring (bicyclic) bond motifs is 1. The molecule has 1 unspecified atom stereocenters. The Hall–Kier alpha value is -2.21. The van der Waals surface area contributed by atoms with Gasteiger partial charge in [0.1, 0.15) is 5.01 Å². The minimum absolute atomic E-state index is 0.142. The number of aromatic nitrogens is 3. The average molecular weight is 354 g/mol. The van der Waals surface area contributed by atoms with Crippen molar-refractivity contribution in [3.63, 3.8) is 0 Å². The van der Waals surface area contributed by atoms with E-state index in [1.807, 2.05) is 29.1 Å². The van der Waals surface area contributed by atoms with E-state index >= 15 is 0 Å². The Balaban J connectivity index is 1.45. The minimum atomic E-state index is 0.142. The lowest BCUT2D eigenvalue weighted by Crippen LogP contribution is -2.38. The van der Waals surface area contributed by atoms with E-state index < -0.39 is 0 Å². The Kier molecular flexibility index (Phi) is 4.78. The molecule has 0 bridgehead atoms. The molecule has 130 valence electrons. The maximum atomic E-state index is 12.8. The first kappa shape index (κ1) is 16.3. The van der Waals surface area contributed by atoms with Crippen LogP contribution in [-0.2, 0) is 11.3 Å². The van der Waals surface area contributed by atoms with Crippen LogP contribution in [0.4, 0.5) is 0 Å². The molecule has 5 nitrogen and oxygen atoms in total. The molecule has 6 heteroatoms. The third kappa shape index (κ3) is 3.58. The van der Waals surface area contributed by atoms with Gasteiger partial charge < -0.3 is 4.90 Å². The van der Waals surface area contributed by atoms with E-state index in [4.69, 9.17) is 4.98 Å². The second-order valence-electron chi connectivity index (χ2n) is 6.49. The summed E-state index contributed by atoms with van der Waals surface area (Å²) in [5.41, 5.74) is 1.04. The normalized spacial score (nSPS) is 17.9. The van der Waals surface area contributed by atoms with Gasteiger partial charge in [-0.3, -0.25) is 9.48 Å². The highest BCUT2D eigenvalue weighted by molar-refractivity contribution is 7.18. The van der Waals surface area contributed by atoms with E-state index in [1.165, 1.54) is 4.70 Å². The Labute approximate surface area is 151 Å². The molecule has 3 heterocycles. The lowest BCUT2D eigenvalue weighted by molar-refractivity contribution is -0.135. The topological polar surface area (TPSA) is 51.0 Å². The van der Waals surface area contributed by atoms with Gasteiger partial charge in [0.15, 0.2) is 0 Å². The smallest absolute Gasteiger partial charge is 0.223 e. The second-order valence-corrected chi connectivity index (χ2v) is 7.55. The second kappa shape index (κ2) is 7.35. The number of carbonyl (C=O) groups excluding carboxylic acids is 1. The highest BCUT2D eigenvalue weighted by Crippen LogP contribution is 2.36. The van der Waals surface area contributed by atoms with Crippen molar-refractivity contribution in [2.75, 3.05) is 6.54 Å². The van der Waals surface area contributed by atoms with E-state index in [2.05, 4.69) is 22.1 Å². The van der Waals surface area contributed by atoms with Crippen molar-refractivity contribution < 1.29 is 4.79 Å². The van der Waals surface area contributed by atoms with Crippen LogP contribution in [0.2, 0.25) is 0 Å². The van der Waals surface area contributed by atoms with E-state index in [9.17, 15) is 4.79 Å². The van der Waals surface area contributed by atoms with Gasteiger partial charge in [-0.15, -0.1) is 11.3 Å². The number of rotatable bonds is 5. The Bertz CT molecular complexity index is 809. The quantitative estimate of drug-likeness (QED) is 0.695. The largest absolute Gasteiger partial charge is 0.333 e. The molecule has 1 aromatic carbocycles. The summed E-state index contributed by atoms with van der Waals surface area (Å²) in [5.74, 6) is 0.246. The van der Waals surface area contributed by atoms with Crippen molar-refractivity contribution in [2.45, 2.75) is 44.7 Å². The van der Waals surface area contributed by atoms with Gasteiger partial charge >= 0.3 is 0 Å². The average Bonchev–Trinajstić information content (AvgIpc) is 3.31. The predicted octanol–water partition coefficient (Wildman–Crippen LogP) is 4.03.